The second-order valence-corrected chi connectivity index (χ2v) is 8.02. The van der Waals surface area contributed by atoms with E-state index in [0.717, 1.165) is 23.1 Å². The van der Waals surface area contributed by atoms with Crippen LogP contribution in [0.1, 0.15) is 25.8 Å². The van der Waals surface area contributed by atoms with Crippen molar-refractivity contribution in [3.05, 3.63) is 58.4 Å². The first-order chi connectivity index (χ1) is 15.9. The Balaban J connectivity index is 1.67. The van der Waals surface area contributed by atoms with Crippen molar-refractivity contribution in [2.75, 3.05) is 23.0 Å². The van der Waals surface area contributed by atoms with Gasteiger partial charge in [0.1, 0.15) is 5.75 Å². The maximum Gasteiger partial charge on any atom is 0.278 e. The number of aromatic nitrogens is 3. The third kappa shape index (κ3) is 6.66. The smallest absolute Gasteiger partial charge is 0.278 e. The molecule has 0 aliphatic carbocycles. The number of hydrogen-bond acceptors (Lipinski definition) is 7. The molecule has 0 aliphatic rings. The number of H-pyrrole nitrogens is 1. The van der Waals surface area contributed by atoms with Crippen LogP contribution in [-0.2, 0) is 9.59 Å². The number of carbonyl (C=O) groups is 2. The lowest BCUT2D eigenvalue weighted by atomic mass is 10.1. The molecular weight excluding hydrogens is 442 g/mol. The van der Waals surface area contributed by atoms with Gasteiger partial charge in [0.05, 0.1) is 18.0 Å². The molecule has 1 aromatic heterocycles. The van der Waals surface area contributed by atoms with E-state index in [2.05, 4.69) is 25.8 Å². The maximum absolute atomic E-state index is 12.7. The summed E-state index contributed by atoms with van der Waals surface area (Å²) in [6.45, 7) is 6.09. The average Bonchev–Trinajstić information content (AvgIpc) is 2.80. The van der Waals surface area contributed by atoms with E-state index in [4.69, 9.17) is 4.74 Å². The Labute approximate surface area is 195 Å². The molecule has 2 aromatic carbocycles. The predicted octanol–water partition coefficient (Wildman–Crippen LogP) is 3.62. The fourth-order valence-corrected chi connectivity index (χ4v) is 3.50. The van der Waals surface area contributed by atoms with Crippen LogP contribution in [0.4, 0.5) is 11.4 Å². The number of carbonyl (C=O) groups excluding carboxylic acids is 2. The maximum atomic E-state index is 12.7. The van der Waals surface area contributed by atoms with Gasteiger partial charge in [0.25, 0.3) is 5.56 Å². The molecule has 0 atom stereocenters. The molecule has 33 heavy (non-hydrogen) atoms. The van der Waals surface area contributed by atoms with Crippen molar-refractivity contribution in [1.29, 1.82) is 0 Å². The van der Waals surface area contributed by atoms with E-state index < -0.39 is 5.56 Å². The first-order valence-electron chi connectivity index (χ1n) is 10.4. The predicted molar refractivity (Wildman–Crippen MR) is 129 cm³/mol. The summed E-state index contributed by atoms with van der Waals surface area (Å²) >= 11 is 1.06. The van der Waals surface area contributed by atoms with Gasteiger partial charge in [0.15, 0.2) is 10.9 Å². The quantitative estimate of drug-likeness (QED) is 0.410. The minimum Gasteiger partial charge on any atom is -0.494 e. The lowest BCUT2D eigenvalue weighted by molar-refractivity contribution is -0.116. The highest BCUT2D eigenvalue weighted by Crippen LogP contribution is 2.26. The van der Waals surface area contributed by atoms with Gasteiger partial charge in [-0.3, -0.25) is 19.4 Å². The Morgan fingerprint density at radius 1 is 1.03 bits per heavy atom. The van der Waals surface area contributed by atoms with Gasteiger partial charge >= 0.3 is 0 Å². The zero-order chi connectivity index (χ0) is 23.8. The zero-order valence-electron chi connectivity index (χ0n) is 18.6. The first kappa shape index (κ1) is 24.0. The van der Waals surface area contributed by atoms with Gasteiger partial charge in [-0.25, -0.2) is 0 Å². The van der Waals surface area contributed by atoms with Crippen molar-refractivity contribution in [2.24, 2.45) is 0 Å². The normalized spacial score (nSPS) is 10.5. The van der Waals surface area contributed by atoms with Gasteiger partial charge in [-0.15, -0.1) is 10.2 Å². The number of nitrogens with zero attached hydrogens (tertiary/aromatic N) is 2. The molecule has 0 unspecified atom stereocenters. The Hall–Kier alpha value is -3.66. The number of aromatic amines is 1. The minimum atomic E-state index is -0.461. The second kappa shape index (κ2) is 11.3. The molecule has 1 heterocycles. The zero-order valence-corrected chi connectivity index (χ0v) is 19.4. The Bertz CT molecular complexity index is 1190. The number of thioether (sulfide) groups is 1. The molecule has 3 N–H and O–H groups in total. The number of rotatable bonds is 9. The number of benzene rings is 2. The second-order valence-electron chi connectivity index (χ2n) is 7.05. The van der Waals surface area contributed by atoms with Crippen LogP contribution in [-0.4, -0.2) is 39.4 Å². The highest BCUT2D eigenvalue weighted by atomic mass is 32.2. The van der Waals surface area contributed by atoms with Gasteiger partial charge in [0, 0.05) is 17.7 Å². The fraction of sp³-hybridized carbons (Fsp3) is 0.261. The molecular formula is C23H25N5O4S. The van der Waals surface area contributed by atoms with Gasteiger partial charge in [-0.05, 0) is 50.2 Å². The summed E-state index contributed by atoms with van der Waals surface area (Å²) in [5.74, 6) is 0.345. The van der Waals surface area contributed by atoms with Crippen LogP contribution in [0.3, 0.4) is 0 Å². The number of amides is 2. The molecule has 0 spiro atoms. The van der Waals surface area contributed by atoms with Crippen molar-refractivity contribution in [2.45, 2.75) is 32.3 Å². The van der Waals surface area contributed by atoms with Crippen LogP contribution >= 0.6 is 11.8 Å². The summed E-state index contributed by atoms with van der Waals surface area (Å²) in [6.07, 6.45) is 0.309. The molecule has 0 saturated carbocycles. The Morgan fingerprint density at radius 2 is 1.79 bits per heavy atom. The van der Waals surface area contributed by atoms with Gasteiger partial charge in [-0.2, -0.15) is 0 Å². The highest BCUT2D eigenvalue weighted by molar-refractivity contribution is 7.99. The van der Waals surface area contributed by atoms with Crippen LogP contribution in [0.25, 0.3) is 11.3 Å². The molecule has 3 aromatic rings. The van der Waals surface area contributed by atoms with Crippen LogP contribution < -0.4 is 20.9 Å². The number of aryl methyl sites for hydroxylation is 1. The van der Waals surface area contributed by atoms with E-state index >= 15 is 0 Å². The van der Waals surface area contributed by atoms with Gasteiger partial charge in [0.2, 0.25) is 11.8 Å². The number of anilines is 2. The summed E-state index contributed by atoms with van der Waals surface area (Å²) in [5.41, 5.74) is 2.15. The van der Waals surface area contributed by atoms with Crippen molar-refractivity contribution in [1.82, 2.24) is 15.2 Å². The molecule has 10 heteroatoms. The molecule has 9 nitrogen and oxygen atoms in total. The summed E-state index contributed by atoms with van der Waals surface area (Å²) in [6, 6.07) is 12.4. The third-order valence-corrected chi connectivity index (χ3v) is 5.35. The van der Waals surface area contributed by atoms with Crippen molar-refractivity contribution >= 4 is 35.0 Å². The van der Waals surface area contributed by atoms with E-state index in [1.165, 1.54) is 0 Å². The molecule has 172 valence electrons. The summed E-state index contributed by atoms with van der Waals surface area (Å²) in [4.78, 5) is 39.4. The third-order valence-electron chi connectivity index (χ3n) is 4.49. The standard InChI is InChI=1S/C23H25N5O4S/c1-4-19(29)25-18-11-6-14(3)12-17(18)21-22(31)26-23(28-27-21)33-13-20(30)24-15-7-9-16(10-8-15)32-5-2/h6-12H,4-5,13H2,1-3H3,(H,24,30)(H,25,29)(H,26,28,31). The fourth-order valence-electron chi connectivity index (χ4n) is 2.90. The van der Waals surface area contributed by atoms with Gasteiger partial charge in [-0.1, -0.05) is 30.3 Å². The van der Waals surface area contributed by atoms with Crippen molar-refractivity contribution in [3.8, 4) is 17.0 Å². The van der Waals surface area contributed by atoms with E-state index in [1.54, 1.807) is 43.3 Å². The van der Waals surface area contributed by atoms with Crippen molar-refractivity contribution in [3.63, 3.8) is 0 Å². The molecule has 0 fully saturated rings. The van der Waals surface area contributed by atoms with Crippen LogP contribution in [0.2, 0.25) is 0 Å². The number of ether oxygens (including phenoxy) is 1. The molecule has 0 radical (unpaired) electrons. The van der Waals surface area contributed by atoms with Gasteiger partial charge < -0.3 is 15.4 Å². The lowest BCUT2D eigenvalue weighted by Gasteiger charge is -2.11. The topological polar surface area (TPSA) is 126 Å². The van der Waals surface area contributed by atoms with E-state index in [1.807, 2.05) is 19.9 Å². The minimum absolute atomic E-state index is 0.0411. The molecule has 2 amide bonds. The van der Waals surface area contributed by atoms with E-state index in [0.29, 0.717) is 30.0 Å². The average molecular weight is 468 g/mol. The molecule has 3 rings (SSSR count). The first-order valence-corrected chi connectivity index (χ1v) is 11.4. The summed E-state index contributed by atoms with van der Waals surface area (Å²) in [7, 11) is 0. The highest BCUT2D eigenvalue weighted by Gasteiger charge is 2.15. The molecule has 0 saturated heterocycles. The lowest BCUT2D eigenvalue weighted by Crippen LogP contribution is -2.18. The molecule has 0 aliphatic heterocycles. The Morgan fingerprint density at radius 3 is 2.45 bits per heavy atom. The monoisotopic (exact) mass is 467 g/mol. The number of hydrogen-bond donors (Lipinski definition) is 3. The number of nitrogens with one attached hydrogen (secondary N) is 3. The van der Waals surface area contributed by atoms with Crippen molar-refractivity contribution < 1.29 is 14.3 Å². The van der Waals surface area contributed by atoms with E-state index in [-0.39, 0.29) is 28.4 Å². The van der Waals surface area contributed by atoms with Crippen LogP contribution in [0.5, 0.6) is 5.75 Å². The van der Waals surface area contributed by atoms with E-state index in [9.17, 15) is 14.4 Å². The van der Waals surface area contributed by atoms with Crippen LogP contribution in [0.15, 0.2) is 52.4 Å². The Kier molecular flexibility index (Phi) is 8.20. The summed E-state index contributed by atoms with van der Waals surface area (Å²) < 4.78 is 5.38. The largest absolute Gasteiger partial charge is 0.494 e. The SMILES string of the molecule is CCOc1ccc(NC(=O)CSc2nnc(-c3cc(C)ccc3NC(=O)CC)c(=O)[nH]2)cc1. The van der Waals surface area contributed by atoms with Crippen LogP contribution in [0, 0.1) is 6.92 Å². The summed E-state index contributed by atoms with van der Waals surface area (Å²) in [5, 5.41) is 13.9. The molecule has 0 bridgehead atoms.